The van der Waals surface area contributed by atoms with Crippen LogP contribution in [0.2, 0.25) is 0 Å². The van der Waals surface area contributed by atoms with E-state index in [2.05, 4.69) is 15.5 Å². The van der Waals surface area contributed by atoms with Crippen LogP contribution >= 0.6 is 0 Å². The van der Waals surface area contributed by atoms with Crippen molar-refractivity contribution in [2.45, 2.75) is 12.8 Å². The number of carboxylic acid groups (broad SMARTS) is 1. The summed E-state index contributed by atoms with van der Waals surface area (Å²) in [5, 5.41) is 17.1. The lowest BCUT2D eigenvalue weighted by molar-refractivity contribution is -0.116. The third-order valence-corrected chi connectivity index (χ3v) is 1.74. The van der Waals surface area contributed by atoms with Crippen molar-refractivity contribution in [3.63, 3.8) is 0 Å². The van der Waals surface area contributed by atoms with Gasteiger partial charge in [-0.15, -0.1) is 0 Å². The minimum absolute atomic E-state index is 0.0592. The number of aromatic amines is 1. The van der Waals surface area contributed by atoms with Crippen LogP contribution in [-0.4, -0.2) is 33.7 Å². The number of amides is 1. The quantitative estimate of drug-likeness (QED) is 0.537. The van der Waals surface area contributed by atoms with Crippen molar-refractivity contribution in [2.75, 3.05) is 11.9 Å². The number of nitrogens with zero attached hydrogens (tertiary/aromatic N) is 1. The molecule has 1 heterocycles. The summed E-state index contributed by atoms with van der Waals surface area (Å²) in [5.74, 6) is -1.32. The number of anilines is 1. The van der Waals surface area contributed by atoms with Crippen LogP contribution in [0.1, 0.15) is 23.2 Å². The van der Waals surface area contributed by atoms with Crippen LogP contribution in [0, 0.1) is 0 Å². The molecular weight excluding hydrogens is 200 g/mol. The number of nitrogens with two attached hydrogens (primary N) is 1. The van der Waals surface area contributed by atoms with Crippen molar-refractivity contribution in [3.05, 3.63) is 11.8 Å². The number of carbonyl (C=O) groups excluding carboxylic acids is 1. The topological polar surface area (TPSA) is 121 Å². The average Bonchev–Trinajstić information content (AvgIpc) is 2.62. The highest BCUT2D eigenvalue weighted by Gasteiger charge is 2.13. The van der Waals surface area contributed by atoms with E-state index >= 15 is 0 Å². The maximum Gasteiger partial charge on any atom is 0.341 e. The Labute approximate surface area is 85.7 Å². The number of hydrogen-bond acceptors (Lipinski definition) is 4. The van der Waals surface area contributed by atoms with Gasteiger partial charge >= 0.3 is 5.97 Å². The molecule has 7 nitrogen and oxygen atoms in total. The van der Waals surface area contributed by atoms with E-state index in [1.54, 1.807) is 0 Å². The molecule has 0 saturated heterocycles. The second-order valence-electron chi connectivity index (χ2n) is 2.90. The summed E-state index contributed by atoms with van der Waals surface area (Å²) in [5.41, 5.74) is 5.17. The summed E-state index contributed by atoms with van der Waals surface area (Å²) < 4.78 is 0. The number of carboxylic acids is 1. The van der Waals surface area contributed by atoms with Gasteiger partial charge in [0.2, 0.25) is 5.91 Å². The highest BCUT2D eigenvalue weighted by atomic mass is 16.4. The zero-order valence-electron chi connectivity index (χ0n) is 7.99. The summed E-state index contributed by atoms with van der Waals surface area (Å²) in [4.78, 5) is 21.9. The number of aromatic nitrogens is 2. The monoisotopic (exact) mass is 212 g/mol. The lowest BCUT2D eigenvalue weighted by Crippen LogP contribution is -2.15. The van der Waals surface area contributed by atoms with Crippen LogP contribution in [0.4, 0.5) is 5.82 Å². The Morgan fingerprint density at radius 2 is 2.33 bits per heavy atom. The SMILES string of the molecule is NCCCC(=O)Nc1[nH]ncc1C(=O)O. The molecule has 0 unspecified atom stereocenters. The second-order valence-corrected chi connectivity index (χ2v) is 2.90. The van der Waals surface area contributed by atoms with Gasteiger partial charge in [0.05, 0.1) is 6.20 Å². The Morgan fingerprint density at radius 1 is 1.60 bits per heavy atom. The first-order chi connectivity index (χ1) is 7.15. The second kappa shape index (κ2) is 5.11. The number of aromatic carboxylic acids is 1. The zero-order valence-corrected chi connectivity index (χ0v) is 7.99. The number of nitrogens with one attached hydrogen (secondary N) is 2. The Hall–Kier alpha value is -1.89. The molecule has 1 rings (SSSR count). The van der Waals surface area contributed by atoms with E-state index in [-0.39, 0.29) is 23.7 Å². The molecular formula is C8H12N4O3. The number of hydrogen-bond donors (Lipinski definition) is 4. The molecule has 0 aliphatic heterocycles. The molecule has 0 bridgehead atoms. The highest BCUT2D eigenvalue weighted by Crippen LogP contribution is 2.10. The van der Waals surface area contributed by atoms with Crippen molar-refractivity contribution in [1.29, 1.82) is 0 Å². The van der Waals surface area contributed by atoms with Crippen LogP contribution in [0.25, 0.3) is 0 Å². The Balaban J connectivity index is 2.60. The Kier molecular flexibility index (Phi) is 3.81. The van der Waals surface area contributed by atoms with Crippen LogP contribution in [-0.2, 0) is 4.79 Å². The third kappa shape index (κ3) is 3.06. The Morgan fingerprint density at radius 3 is 2.93 bits per heavy atom. The van der Waals surface area contributed by atoms with Gasteiger partial charge < -0.3 is 16.2 Å². The van der Waals surface area contributed by atoms with Gasteiger partial charge in [0.1, 0.15) is 11.4 Å². The van der Waals surface area contributed by atoms with E-state index in [0.717, 1.165) is 6.20 Å². The number of rotatable bonds is 5. The van der Waals surface area contributed by atoms with Gasteiger partial charge in [0, 0.05) is 6.42 Å². The van der Waals surface area contributed by atoms with Crippen LogP contribution < -0.4 is 11.1 Å². The fourth-order valence-electron chi connectivity index (χ4n) is 1.01. The van der Waals surface area contributed by atoms with E-state index in [4.69, 9.17) is 10.8 Å². The summed E-state index contributed by atoms with van der Waals surface area (Å²) >= 11 is 0. The minimum atomic E-state index is -1.14. The standard InChI is InChI=1S/C8H12N4O3/c9-3-1-2-6(13)11-7-5(8(14)15)4-10-12-7/h4H,1-3,9H2,(H,14,15)(H2,10,11,12,13). The van der Waals surface area contributed by atoms with Gasteiger partial charge in [-0.1, -0.05) is 0 Å². The van der Waals surface area contributed by atoms with Crippen molar-refractivity contribution in [1.82, 2.24) is 10.2 Å². The van der Waals surface area contributed by atoms with Crippen molar-refractivity contribution >= 4 is 17.7 Å². The van der Waals surface area contributed by atoms with Gasteiger partial charge in [-0.25, -0.2) is 4.79 Å². The predicted octanol–water partition coefficient (Wildman–Crippen LogP) is -0.215. The highest BCUT2D eigenvalue weighted by molar-refractivity contribution is 5.98. The molecule has 0 spiro atoms. The molecule has 0 atom stereocenters. The van der Waals surface area contributed by atoms with Crippen molar-refractivity contribution in [3.8, 4) is 0 Å². The molecule has 1 aromatic rings. The fraction of sp³-hybridized carbons (Fsp3) is 0.375. The largest absolute Gasteiger partial charge is 0.477 e. The molecule has 1 amide bonds. The molecule has 5 N–H and O–H groups in total. The van der Waals surface area contributed by atoms with E-state index in [1.807, 2.05) is 0 Å². The van der Waals surface area contributed by atoms with Crippen LogP contribution in [0.5, 0.6) is 0 Å². The van der Waals surface area contributed by atoms with Crippen LogP contribution in [0.15, 0.2) is 6.20 Å². The lowest BCUT2D eigenvalue weighted by atomic mass is 10.3. The summed E-state index contributed by atoms with van der Waals surface area (Å²) in [6, 6.07) is 0. The molecule has 7 heteroatoms. The maximum atomic E-state index is 11.2. The van der Waals surface area contributed by atoms with Gasteiger partial charge in [-0.3, -0.25) is 9.89 Å². The first-order valence-corrected chi connectivity index (χ1v) is 4.41. The summed E-state index contributed by atoms with van der Waals surface area (Å²) in [7, 11) is 0. The lowest BCUT2D eigenvalue weighted by Gasteiger charge is -2.02. The smallest absolute Gasteiger partial charge is 0.341 e. The van der Waals surface area contributed by atoms with E-state index in [1.165, 1.54) is 0 Å². The van der Waals surface area contributed by atoms with E-state index < -0.39 is 5.97 Å². The van der Waals surface area contributed by atoms with Crippen molar-refractivity contribution < 1.29 is 14.7 Å². The third-order valence-electron chi connectivity index (χ3n) is 1.74. The van der Waals surface area contributed by atoms with E-state index in [0.29, 0.717) is 13.0 Å². The fourth-order valence-corrected chi connectivity index (χ4v) is 1.01. The van der Waals surface area contributed by atoms with E-state index in [9.17, 15) is 9.59 Å². The minimum Gasteiger partial charge on any atom is -0.477 e. The molecule has 0 aliphatic carbocycles. The Bertz CT molecular complexity index is 361. The summed E-state index contributed by atoms with van der Waals surface area (Å²) in [6.07, 6.45) is 1.96. The van der Waals surface area contributed by atoms with Crippen molar-refractivity contribution in [2.24, 2.45) is 5.73 Å². The molecule has 82 valence electrons. The molecule has 0 radical (unpaired) electrons. The molecule has 0 aliphatic rings. The molecule has 0 saturated carbocycles. The first kappa shape index (κ1) is 11.2. The average molecular weight is 212 g/mol. The summed E-state index contributed by atoms with van der Waals surface area (Å²) in [6.45, 7) is 0.419. The molecule has 0 fully saturated rings. The van der Waals surface area contributed by atoms with Gasteiger partial charge in [0.15, 0.2) is 0 Å². The predicted molar refractivity (Wildman–Crippen MR) is 52.5 cm³/mol. The van der Waals surface area contributed by atoms with Crippen LogP contribution in [0.3, 0.4) is 0 Å². The first-order valence-electron chi connectivity index (χ1n) is 4.41. The zero-order chi connectivity index (χ0) is 11.3. The van der Waals surface area contributed by atoms with Gasteiger partial charge in [-0.05, 0) is 13.0 Å². The molecule has 15 heavy (non-hydrogen) atoms. The molecule has 0 aromatic carbocycles. The molecule has 1 aromatic heterocycles. The number of carbonyl (C=O) groups is 2. The van der Waals surface area contributed by atoms with Gasteiger partial charge in [-0.2, -0.15) is 5.10 Å². The maximum absolute atomic E-state index is 11.2. The normalized spacial score (nSPS) is 9.93. The van der Waals surface area contributed by atoms with Gasteiger partial charge in [0.25, 0.3) is 0 Å². The number of H-pyrrole nitrogens is 1.